The SMILES string of the molecule is Cc1cc(C(=O)Nc2ccc(F)c(F)c2)nc(Nc2ccc(C#N)cc2)n1. The number of hydrogen-bond donors (Lipinski definition) is 2. The maximum atomic E-state index is 13.3. The maximum Gasteiger partial charge on any atom is 0.274 e. The first kappa shape index (κ1) is 17.9. The average molecular weight is 365 g/mol. The molecule has 8 heteroatoms. The molecule has 0 atom stereocenters. The molecule has 0 saturated carbocycles. The van der Waals surface area contributed by atoms with Gasteiger partial charge in [0.05, 0.1) is 11.6 Å². The third kappa shape index (κ3) is 4.41. The van der Waals surface area contributed by atoms with Crippen molar-refractivity contribution < 1.29 is 13.6 Å². The van der Waals surface area contributed by atoms with Gasteiger partial charge in [-0.25, -0.2) is 18.7 Å². The van der Waals surface area contributed by atoms with E-state index in [1.807, 2.05) is 6.07 Å². The monoisotopic (exact) mass is 365 g/mol. The van der Waals surface area contributed by atoms with Crippen LogP contribution in [0.1, 0.15) is 21.7 Å². The number of carbonyl (C=O) groups is 1. The lowest BCUT2D eigenvalue weighted by Crippen LogP contribution is -2.15. The molecule has 3 aromatic rings. The van der Waals surface area contributed by atoms with Crippen molar-refractivity contribution in [3.8, 4) is 6.07 Å². The van der Waals surface area contributed by atoms with E-state index in [1.165, 1.54) is 12.1 Å². The van der Waals surface area contributed by atoms with E-state index < -0.39 is 17.5 Å². The van der Waals surface area contributed by atoms with Gasteiger partial charge < -0.3 is 10.6 Å². The Hall–Kier alpha value is -3.86. The van der Waals surface area contributed by atoms with Crippen LogP contribution in [-0.4, -0.2) is 15.9 Å². The number of halogens is 2. The van der Waals surface area contributed by atoms with Crippen molar-refractivity contribution >= 4 is 23.2 Å². The van der Waals surface area contributed by atoms with E-state index in [0.717, 1.165) is 12.1 Å². The quantitative estimate of drug-likeness (QED) is 0.731. The fourth-order valence-electron chi connectivity index (χ4n) is 2.27. The molecule has 6 nitrogen and oxygen atoms in total. The van der Waals surface area contributed by atoms with Gasteiger partial charge in [-0.3, -0.25) is 4.79 Å². The number of aryl methyl sites for hydroxylation is 1. The molecular formula is C19H13F2N5O. The van der Waals surface area contributed by atoms with Crippen molar-refractivity contribution in [2.24, 2.45) is 0 Å². The van der Waals surface area contributed by atoms with Gasteiger partial charge in [-0.1, -0.05) is 0 Å². The summed E-state index contributed by atoms with van der Waals surface area (Å²) in [6.45, 7) is 1.69. The Labute approximate surface area is 153 Å². The summed E-state index contributed by atoms with van der Waals surface area (Å²) >= 11 is 0. The average Bonchev–Trinajstić information content (AvgIpc) is 2.65. The maximum absolute atomic E-state index is 13.3. The number of nitrogens with one attached hydrogen (secondary N) is 2. The first-order valence-corrected chi connectivity index (χ1v) is 7.84. The zero-order valence-corrected chi connectivity index (χ0v) is 14.1. The summed E-state index contributed by atoms with van der Waals surface area (Å²) in [7, 11) is 0. The van der Waals surface area contributed by atoms with Crippen molar-refractivity contribution in [1.29, 1.82) is 5.26 Å². The summed E-state index contributed by atoms with van der Waals surface area (Å²) in [5.41, 5.74) is 1.86. The van der Waals surface area contributed by atoms with E-state index in [-0.39, 0.29) is 17.3 Å². The van der Waals surface area contributed by atoms with Gasteiger partial charge >= 0.3 is 0 Å². The number of aromatic nitrogens is 2. The number of hydrogen-bond acceptors (Lipinski definition) is 5. The van der Waals surface area contributed by atoms with Crippen molar-refractivity contribution in [3.05, 3.63) is 77.1 Å². The summed E-state index contributed by atoms with van der Waals surface area (Å²) in [4.78, 5) is 20.7. The predicted octanol–water partition coefficient (Wildman–Crippen LogP) is 3.93. The fourth-order valence-corrected chi connectivity index (χ4v) is 2.27. The Morgan fingerprint density at radius 1 is 1.00 bits per heavy atom. The van der Waals surface area contributed by atoms with E-state index in [9.17, 15) is 13.6 Å². The lowest BCUT2D eigenvalue weighted by molar-refractivity contribution is 0.102. The van der Waals surface area contributed by atoms with Crippen molar-refractivity contribution in [2.75, 3.05) is 10.6 Å². The minimum atomic E-state index is -1.06. The lowest BCUT2D eigenvalue weighted by Gasteiger charge is -2.09. The molecule has 134 valence electrons. The van der Waals surface area contributed by atoms with Crippen LogP contribution in [0.25, 0.3) is 0 Å². The van der Waals surface area contributed by atoms with E-state index >= 15 is 0 Å². The van der Waals surface area contributed by atoms with Crippen LogP contribution in [-0.2, 0) is 0 Å². The second-order valence-corrected chi connectivity index (χ2v) is 5.62. The Bertz CT molecular complexity index is 1040. The molecule has 0 spiro atoms. The molecule has 0 aliphatic carbocycles. The van der Waals surface area contributed by atoms with Gasteiger partial charge in [-0.2, -0.15) is 5.26 Å². The molecule has 0 radical (unpaired) electrons. The van der Waals surface area contributed by atoms with Crippen LogP contribution >= 0.6 is 0 Å². The van der Waals surface area contributed by atoms with E-state index in [2.05, 4.69) is 20.6 Å². The van der Waals surface area contributed by atoms with Crippen molar-refractivity contribution in [1.82, 2.24) is 9.97 Å². The molecule has 0 saturated heterocycles. The smallest absolute Gasteiger partial charge is 0.274 e. The van der Waals surface area contributed by atoms with E-state index in [4.69, 9.17) is 5.26 Å². The van der Waals surface area contributed by atoms with Gasteiger partial charge in [0.15, 0.2) is 11.6 Å². The number of carbonyl (C=O) groups excluding carboxylic acids is 1. The van der Waals surface area contributed by atoms with Gasteiger partial charge in [-0.15, -0.1) is 0 Å². The largest absolute Gasteiger partial charge is 0.324 e. The molecule has 1 heterocycles. The van der Waals surface area contributed by atoms with Crippen LogP contribution in [0, 0.1) is 29.9 Å². The number of benzene rings is 2. The van der Waals surface area contributed by atoms with Crippen molar-refractivity contribution in [2.45, 2.75) is 6.92 Å². The minimum absolute atomic E-state index is 0.0587. The third-order valence-electron chi connectivity index (χ3n) is 3.53. The number of rotatable bonds is 4. The highest BCUT2D eigenvalue weighted by Crippen LogP contribution is 2.17. The van der Waals surface area contributed by atoms with Crippen LogP contribution in [0.5, 0.6) is 0 Å². The number of nitrogens with zero attached hydrogens (tertiary/aromatic N) is 3. The summed E-state index contributed by atoms with van der Waals surface area (Å²) < 4.78 is 26.3. The first-order valence-electron chi connectivity index (χ1n) is 7.84. The molecule has 0 bridgehead atoms. The Morgan fingerprint density at radius 2 is 1.70 bits per heavy atom. The molecule has 2 aromatic carbocycles. The number of anilines is 3. The number of nitriles is 1. The minimum Gasteiger partial charge on any atom is -0.324 e. The Kier molecular flexibility index (Phi) is 5.04. The topological polar surface area (TPSA) is 90.7 Å². The van der Waals surface area contributed by atoms with Crippen LogP contribution < -0.4 is 10.6 Å². The standard InChI is InChI=1S/C19H13F2N5O/c1-11-8-17(18(27)24-14-6-7-15(20)16(21)9-14)26-19(23-11)25-13-4-2-12(10-22)3-5-13/h2-9H,1H3,(H,24,27)(H,23,25,26). The molecule has 0 fully saturated rings. The molecule has 27 heavy (non-hydrogen) atoms. The molecule has 0 aliphatic rings. The van der Waals surface area contributed by atoms with Gasteiger partial charge in [0.2, 0.25) is 5.95 Å². The molecule has 1 amide bonds. The second kappa shape index (κ2) is 7.58. The van der Waals surface area contributed by atoms with E-state index in [0.29, 0.717) is 16.9 Å². The zero-order valence-electron chi connectivity index (χ0n) is 14.1. The summed E-state index contributed by atoms with van der Waals surface area (Å²) in [5.74, 6) is -2.46. The molecule has 3 rings (SSSR count). The summed E-state index contributed by atoms with van der Waals surface area (Å²) in [5, 5.41) is 14.2. The predicted molar refractivity (Wildman–Crippen MR) is 95.5 cm³/mol. The summed E-state index contributed by atoms with van der Waals surface area (Å²) in [6, 6.07) is 13.2. The second-order valence-electron chi connectivity index (χ2n) is 5.62. The normalized spacial score (nSPS) is 10.1. The zero-order chi connectivity index (χ0) is 19.4. The summed E-state index contributed by atoms with van der Waals surface area (Å²) in [6.07, 6.45) is 0. The number of amides is 1. The first-order chi connectivity index (χ1) is 12.9. The molecule has 0 unspecified atom stereocenters. The molecule has 1 aromatic heterocycles. The lowest BCUT2D eigenvalue weighted by atomic mass is 10.2. The van der Waals surface area contributed by atoms with Crippen LogP contribution in [0.4, 0.5) is 26.1 Å². The van der Waals surface area contributed by atoms with Gasteiger partial charge in [0, 0.05) is 23.1 Å². The van der Waals surface area contributed by atoms with Crippen LogP contribution in [0.15, 0.2) is 48.5 Å². The van der Waals surface area contributed by atoms with Gasteiger partial charge in [0.25, 0.3) is 5.91 Å². The van der Waals surface area contributed by atoms with E-state index in [1.54, 1.807) is 31.2 Å². The molecular weight excluding hydrogens is 352 g/mol. The van der Waals surface area contributed by atoms with Crippen molar-refractivity contribution in [3.63, 3.8) is 0 Å². The Morgan fingerprint density at radius 3 is 2.37 bits per heavy atom. The van der Waals surface area contributed by atoms with Crippen LogP contribution in [0.3, 0.4) is 0 Å². The highest BCUT2D eigenvalue weighted by molar-refractivity contribution is 6.03. The fraction of sp³-hybridized carbons (Fsp3) is 0.0526. The highest BCUT2D eigenvalue weighted by atomic mass is 19.2. The highest BCUT2D eigenvalue weighted by Gasteiger charge is 2.12. The van der Waals surface area contributed by atoms with Crippen LogP contribution in [0.2, 0.25) is 0 Å². The van der Waals surface area contributed by atoms with Gasteiger partial charge in [0.1, 0.15) is 5.69 Å². The Balaban J connectivity index is 1.80. The van der Waals surface area contributed by atoms with Gasteiger partial charge in [-0.05, 0) is 49.4 Å². The third-order valence-corrected chi connectivity index (χ3v) is 3.53. The molecule has 2 N–H and O–H groups in total. The molecule has 0 aliphatic heterocycles.